The van der Waals surface area contributed by atoms with Crippen LogP contribution in [0.3, 0.4) is 0 Å². The van der Waals surface area contributed by atoms with Crippen molar-refractivity contribution in [3.63, 3.8) is 0 Å². The fourth-order valence-electron chi connectivity index (χ4n) is 3.94. The number of amides is 1. The number of thioether (sulfide) groups is 1. The highest BCUT2D eigenvalue weighted by Gasteiger charge is 2.31. The fraction of sp³-hybridized carbons (Fsp3) is 0.550. The predicted octanol–water partition coefficient (Wildman–Crippen LogP) is 3.31. The Hall–Kier alpha value is -1.49. The molecule has 1 N–H and O–H groups in total. The van der Waals surface area contributed by atoms with E-state index in [4.69, 9.17) is 16.3 Å². The molecule has 1 atom stereocenters. The zero-order valence-electron chi connectivity index (χ0n) is 17.5. The molecule has 1 amide bonds. The van der Waals surface area contributed by atoms with Crippen LogP contribution < -0.4 is 11.2 Å². The van der Waals surface area contributed by atoms with Gasteiger partial charge in [-0.15, -0.1) is 11.8 Å². The highest BCUT2D eigenvalue weighted by molar-refractivity contribution is 9.10. The van der Waals surface area contributed by atoms with E-state index in [-0.39, 0.29) is 12.1 Å². The lowest BCUT2D eigenvalue weighted by Crippen LogP contribution is -2.52. The molecule has 0 aliphatic carbocycles. The van der Waals surface area contributed by atoms with E-state index in [2.05, 4.69) is 25.8 Å². The minimum Gasteiger partial charge on any atom is -0.444 e. The van der Waals surface area contributed by atoms with Crippen LogP contribution in [0.2, 0.25) is 5.02 Å². The quantitative estimate of drug-likeness (QED) is 0.640. The summed E-state index contributed by atoms with van der Waals surface area (Å²) in [6, 6.07) is 1.49. The summed E-state index contributed by atoms with van der Waals surface area (Å²) < 4.78 is 7.85. The molecule has 0 radical (unpaired) electrons. The molecule has 2 aliphatic heterocycles. The second-order valence-corrected chi connectivity index (χ2v) is 11.0. The first-order valence-corrected chi connectivity index (χ1v) is 12.2. The van der Waals surface area contributed by atoms with Gasteiger partial charge in [0.2, 0.25) is 0 Å². The van der Waals surface area contributed by atoms with Crippen LogP contribution in [0.4, 0.5) is 4.79 Å². The van der Waals surface area contributed by atoms with Gasteiger partial charge in [-0.2, -0.15) is 0 Å². The summed E-state index contributed by atoms with van der Waals surface area (Å²) in [5.41, 5.74) is -0.738. The molecular formula is C20H24BrClN4O4S. The Balaban J connectivity index is 1.55. The number of aromatic nitrogens is 2. The van der Waals surface area contributed by atoms with Crippen molar-refractivity contribution < 1.29 is 9.53 Å². The maximum atomic E-state index is 12.8. The van der Waals surface area contributed by atoms with Gasteiger partial charge in [-0.1, -0.05) is 11.6 Å². The van der Waals surface area contributed by atoms with E-state index in [0.29, 0.717) is 58.9 Å². The van der Waals surface area contributed by atoms with E-state index in [1.807, 2.05) is 20.8 Å². The lowest BCUT2D eigenvalue weighted by atomic mass is 10.2. The van der Waals surface area contributed by atoms with Crippen LogP contribution in [0.5, 0.6) is 0 Å². The zero-order valence-corrected chi connectivity index (χ0v) is 20.7. The highest BCUT2D eigenvalue weighted by Crippen LogP contribution is 2.43. The van der Waals surface area contributed by atoms with Gasteiger partial charge in [0.15, 0.2) is 0 Å². The van der Waals surface area contributed by atoms with Gasteiger partial charge in [-0.25, -0.2) is 9.59 Å². The molecule has 2 aromatic rings. The number of benzene rings is 1. The summed E-state index contributed by atoms with van der Waals surface area (Å²) in [6.45, 7) is 8.74. The van der Waals surface area contributed by atoms with Crippen molar-refractivity contribution >= 4 is 56.3 Å². The molecular weight excluding hydrogens is 508 g/mol. The molecule has 8 nitrogen and oxygen atoms in total. The number of ether oxygens (including phenoxy) is 1. The number of rotatable bonds is 2. The molecule has 3 heterocycles. The molecule has 1 saturated heterocycles. The smallest absolute Gasteiger partial charge is 0.410 e. The van der Waals surface area contributed by atoms with Gasteiger partial charge in [0.05, 0.1) is 26.4 Å². The van der Waals surface area contributed by atoms with Crippen molar-refractivity contribution in [1.82, 2.24) is 19.4 Å². The van der Waals surface area contributed by atoms with E-state index in [1.165, 1.54) is 0 Å². The van der Waals surface area contributed by atoms with Crippen molar-refractivity contribution in [1.29, 1.82) is 0 Å². The van der Waals surface area contributed by atoms with Crippen molar-refractivity contribution in [3.05, 3.63) is 36.4 Å². The second-order valence-electron chi connectivity index (χ2n) is 8.76. The molecule has 0 bridgehead atoms. The summed E-state index contributed by atoms with van der Waals surface area (Å²) >= 11 is 11.4. The number of nitrogens with zero attached hydrogens (tertiary/aromatic N) is 3. The number of carbonyl (C=O) groups is 1. The Morgan fingerprint density at radius 3 is 2.61 bits per heavy atom. The average molecular weight is 532 g/mol. The Morgan fingerprint density at radius 1 is 1.29 bits per heavy atom. The summed E-state index contributed by atoms with van der Waals surface area (Å²) in [6.07, 6.45) is -0.297. The summed E-state index contributed by atoms with van der Waals surface area (Å²) in [5.74, 6) is 0.680. The first-order valence-electron chi connectivity index (χ1n) is 10.0. The van der Waals surface area contributed by atoms with Crippen LogP contribution in [-0.4, -0.2) is 69.5 Å². The number of H-pyrrole nitrogens is 1. The normalized spacial score (nSPS) is 19.6. The number of hydrogen-bond donors (Lipinski definition) is 1. The monoisotopic (exact) mass is 530 g/mol. The van der Waals surface area contributed by atoms with Gasteiger partial charge in [0, 0.05) is 43.4 Å². The van der Waals surface area contributed by atoms with Crippen molar-refractivity contribution in [2.24, 2.45) is 0 Å². The van der Waals surface area contributed by atoms with Crippen LogP contribution in [-0.2, 0) is 4.74 Å². The molecule has 0 unspecified atom stereocenters. The third-order valence-electron chi connectivity index (χ3n) is 5.35. The largest absolute Gasteiger partial charge is 0.444 e. The Bertz CT molecular complexity index is 1150. The lowest BCUT2D eigenvalue weighted by Gasteiger charge is -2.38. The number of carbonyl (C=O) groups excluding carboxylic acids is 1. The second kappa shape index (κ2) is 8.46. The number of halogens is 2. The zero-order chi connectivity index (χ0) is 22.5. The van der Waals surface area contributed by atoms with Crippen LogP contribution in [0.25, 0.3) is 10.9 Å². The van der Waals surface area contributed by atoms with Gasteiger partial charge in [0.1, 0.15) is 5.60 Å². The van der Waals surface area contributed by atoms with E-state index in [1.54, 1.807) is 27.3 Å². The number of piperazine rings is 1. The van der Waals surface area contributed by atoms with Crippen molar-refractivity contribution in [3.8, 4) is 0 Å². The number of hydrogen-bond acceptors (Lipinski definition) is 6. The Kier molecular flexibility index (Phi) is 6.19. The summed E-state index contributed by atoms with van der Waals surface area (Å²) in [7, 11) is 0. The minimum atomic E-state index is -0.519. The van der Waals surface area contributed by atoms with Gasteiger partial charge < -0.3 is 9.64 Å². The molecule has 1 aromatic heterocycles. The van der Waals surface area contributed by atoms with Gasteiger partial charge in [0.25, 0.3) is 5.56 Å². The van der Waals surface area contributed by atoms with Crippen LogP contribution in [0, 0.1) is 0 Å². The van der Waals surface area contributed by atoms with E-state index in [0.717, 1.165) is 4.90 Å². The maximum Gasteiger partial charge on any atom is 0.410 e. The molecule has 0 spiro atoms. The van der Waals surface area contributed by atoms with Crippen LogP contribution in [0.15, 0.2) is 25.0 Å². The molecule has 2 aliphatic rings. The standard InChI is InChI=1S/C20H24BrClN4O4S/c1-20(2,3)30-19(29)25-6-4-24(5-7-25)9-11-10-31-16-14(21)13(22)8-12-15(16)26(11)18(28)23-17(12)27/h8,11H,4-7,9-10H2,1-3H3,(H,23,27,28)/t11-/m0/s1. The maximum absolute atomic E-state index is 12.8. The van der Waals surface area contributed by atoms with Crippen molar-refractivity contribution in [2.75, 3.05) is 38.5 Å². The number of nitrogens with one attached hydrogen (secondary N) is 1. The van der Waals surface area contributed by atoms with E-state index >= 15 is 0 Å². The molecule has 0 saturated carbocycles. The first kappa shape index (κ1) is 22.7. The van der Waals surface area contributed by atoms with Crippen LogP contribution >= 0.6 is 39.3 Å². The predicted molar refractivity (Wildman–Crippen MR) is 126 cm³/mol. The topological polar surface area (TPSA) is 87.6 Å². The van der Waals surface area contributed by atoms with E-state index < -0.39 is 16.9 Å². The average Bonchev–Trinajstić information content (AvgIpc) is 2.68. The number of aromatic amines is 1. The van der Waals surface area contributed by atoms with Crippen LogP contribution in [0.1, 0.15) is 26.8 Å². The van der Waals surface area contributed by atoms with E-state index in [9.17, 15) is 14.4 Å². The van der Waals surface area contributed by atoms with Crippen molar-refractivity contribution in [2.45, 2.75) is 37.3 Å². The fourth-order valence-corrected chi connectivity index (χ4v) is 6.04. The van der Waals surface area contributed by atoms with Gasteiger partial charge in [-0.05, 0) is 42.8 Å². The Labute approximate surface area is 197 Å². The molecule has 1 fully saturated rings. The lowest BCUT2D eigenvalue weighted by molar-refractivity contribution is 0.0137. The SMILES string of the molecule is CC(C)(C)OC(=O)N1CCN(C[C@H]2CSc3c(Br)c(Cl)cc4c(=O)[nH]c(=O)n2c34)CC1. The first-order chi connectivity index (χ1) is 14.5. The highest BCUT2D eigenvalue weighted by atomic mass is 79.9. The molecule has 11 heteroatoms. The van der Waals surface area contributed by atoms with Gasteiger partial charge >= 0.3 is 11.8 Å². The molecule has 31 heavy (non-hydrogen) atoms. The Morgan fingerprint density at radius 2 is 1.97 bits per heavy atom. The molecule has 168 valence electrons. The summed E-state index contributed by atoms with van der Waals surface area (Å²) in [5, 5.41) is 0.858. The van der Waals surface area contributed by atoms with Gasteiger partial charge in [-0.3, -0.25) is 19.2 Å². The third kappa shape index (κ3) is 4.53. The summed E-state index contributed by atoms with van der Waals surface area (Å²) in [4.78, 5) is 44.7. The molecule has 1 aromatic carbocycles. The third-order valence-corrected chi connectivity index (χ3v) is 8.20. The minimum absolute atomic E-state index is 0.106. The molecule has 4 rings (SSSR count).